The van der Waals surface area contributed by atoms with Crippen LogP contribution in [0.2, 0.25) is 0 Å². The first kappa shape index (κ1) is 13.0. The monoisotopic (exact) mass is 312 g/mol. The molecule has 1 aromatic heterocycles. The van der Waals surface area contributed by atoms with Gasteiger partial charge in [0.1, 0.15) is 0 Å². The van der Waals surface area contributed by atoms with Gasteiger partial charge in [-0.2, -0.15) is 14.9 Å². The highest BCUT2D eigenvalue weighted by atomic mass is 16.1. The van der Waals surface area contributed by atoms with E-state index < -0.39 is 0 Å². The Labute approximate surface area is 136 Å². The van der Waals surface area contributed by atoms with Crippen molar-refractivity contribution in [1.82, 2.24) is 9.78 Å². The molecule has 1 aromatic carbocycles. The molecule has 0 amide bonds. The lowest BCUT2D eigenvalue weighted by Crippen LogP contribution is -2.21. The third-order valence-corrected chi connectivity index (χ3v) is 4.33. The lowest BCUT2D eigenvalue weighted by Gasteiger charge is -2.10. The van der Waals surface area contributed by atoms with Crippen molar-refractivity contribution in [1.29, 1.82) is 0 Å². The molecule has 0 fully saturated rings. The topological polar surface area (TPSA) is 59.3 Å². The largest absolute Gasteiger partial charge is 0.279 e. The number of aromatic nitrogens is 2. The van der Waals surface area contributed by atoms with Crippen LogP contribution in [-0.4, -0.2) is 16.0 Å². The Bertz CT molecular complexity index is 1190. The Hall–Kier alpha value is -3.47. The molecule has 0 atom stereocenters. The average molecular weight is 312 g/mol. The van der Waals surface area contributed by atoms with Crippen LogP contribution in [0.25, 0.3) is 33.8 Å². The number of fused-ring (bicyclic) bond motifs is 2. The van der Waals surface area contributed by atoms with Crippen LogP contribution >= 0.6 is 0 Å². The molecule has 1 aliphatic heterocycles. The van der Waals surface area contributed by atoms with Crippen LogP contribution in [0.4, 0.5) is 5.69 Å². The van der Waals surface area contributed by atoms with Gasteiger partial charge < -0.3 is 0 Å². The number of nitrogens with one attached hydrogen (secondary N) is 1. The van der Waals surface area contributed by atoms with Crippen LogP contribution in [0.5, 0.6) is 0 Å². The number of hydrogen-bond acceptors (Lipinski definition) is 4. The summed E-state index contributed by atoms with van der Waals surface area (Å²) in [6.07, 6.45) is 3.63. The summed E-state index contributed by atoms with van der Waals surface area (Å²) < 4.78 is 1.46. The summed E-state index contributed by atoms with van der Waals surface area (Å²) >= 11 is 0. The molecule has 3 aliphatic rings. The summed E-state index contributed by atoms with van der Waals surface area (Å²) in [5.74, 6) is 0. The third-order valence-electron chi connectivity index (χ3n) is 4.33. The van der Waals surface area contributed by atoms with E-state index in [9.17, 15) is 4.79 Å². The van der Waals surface area contributed by atoms with Crippen LogP contribution in [0.3, 0.4) is 0 Å². The van der Waals surface area contributed by atoms with Gasteiger partial charge in [0.15, 0.2) is 0 Å². The van der Waals surface area contributed by atoms with Gasteiger partial charge in [0, 0.05) is 22.6 Å². The first-order valence-corrected chi connectivity index (χ1v) is 7.66. The predicted molar refractivity (Wildman–Crippen MR) is 95.8 cm³/mol. The molecule has 24 heavy (non-hydrogen) atoms. The lowest BCUT2D eigenvalue weighted by atomic mass is 10.1. The predicted octanol–water partition coefficient (Wildman–Crippen LogP) is 2.40. The molecule has 0 saturated heterocycles. The normalized spacial score (nSPS) is 12.8. The van der Waals surface area contributed by atoms with E-state index >= 15 is 0 Å². The molecule has 0 spiro atoms. The van der Waals surface area contributed by atoms with Crippen molar-refractivity contribution in [2.24, 2.45) is 5.10 Å². The minimum absolute atomic E-state index is 0.127. The molecule has 2 aromatic rings. The van der Waals surface area contributed by atoms with Crippen molar-refractivity contribution in [3.05, 3.63) is 70.2 Å². The van der Waals surface area contributed by atoms with Gasteiger partial charge in [0.05, 0.1) is 22.3 Å². The highest BCUT2D eigenvalue weighted by molar-refractivity contribution is 6.03. The maximum absolute atomic E-state index is 13.0. The van der Waals surface area contributed by atoms with Crippen molar-refractivity contribution in [3.8, 4) is 16.8 Å². The van der Waals surface area contributed by atoms with Crippen LogP contribution in [0.1, 0.15) is 0 Å². The second-order valence-electron chi connectivity index (χ2n) is 5.69. The zero-order valence-electron chi connectivity index (χ0n) is 12.6. The van der Waals surface area contributed by atoms with Gasteiger partial charge in [0.2, 0.25) is 0 Å². The van der Waals surface area contributed by atoms with Crippen molar-refractivity contribution in [2.75, 3.05) is 5.43 Å². The van der Waals surface area contributed by atoms with Crippen LogP contribution in [0, 0.1) is 0 Å². The van der Waals surface area contributed by atoms with E-state index in [0.29, 0.717) is 5.39 Å². The fraction of sp³-hybridized carbons (Fsp3) is 0. The summed E-state index contributed by atoms with van der Waals surface area (Å²) in [6.45, 7) is 0. The first-order chi connectivity index (χ1) is 11.8. The Morgan fingerprint density at radius 2 is 1.83 bits per heavy atom. The van der Waals surface area contributed by atoms with E-state index in [-0.39, 0.29) is 5.56 Å². The molecular weight excluding hydrogens is 300 g/mol. The fourth-order valence-electron chi connectivity index (χ4n) is 3.21. The zero-order valence-corrected chi connectivity index (χ0v) is 12.6. The summed E-state index contributed by atoms with van der Waals surface area (Å²) in [7, 11) is 0. The second kappa shape index (κ2) is 4.76. The Kier molecular flexibility index (Phi) is 2.58. The summed E-state index contributed by atoms with van der Waals surface area (Å²) in [4.78, 5) is 13.0. The number of rotatable bonds is 1. The second-order valence-corrected chi connectivity index (χ2v) is 5.69. The van der Waals surface area contributed by atoms with Crippen molar-refractivity contribution in [2.45, 2.75) is 0 Å². The minimum Gasteiger partial charge on any atom is -0.277 e. The number of benzene rings is 1. The van der Waals surface area contributed by atoms with E-state index in [1.807, 2.05) is 60.7 Å². The molecule has 0 bridgehead atoms. The van der Waals surface area contributed by atoms with Crippen LogP contribution in [-0.2, 0) is 0 Å². The van der Waals surface area contributed by atoms with Crippen molar-refractivity contribution >= 4 is 28.9 Å². The van der Waals surface area contributed by atoms with Gasteiger partial charge in [0.25, 0.3) is 5.56 Å². The molecule has 0 unspecified atom stereocenters. The van der Waals surface area contributed by atoms with Gasteiger partial charge in [-0.25, -0.2) is 0 Å². The molecule has 5 nitrogen and oxygen atoms in total. The Balaban J connectivity index is 1.93. The van der Waals surface area contributed by atoms with Gasteiger partial charge in [-0.05, 0) is 36.4 Å². The number of nitrogens with zero attached hydrogens (tertiary/aromatic N) is 3. The summed E-state index contributed by atoms with van der Waals surface area (Å²) in [6, 6.07) is 17.2. The van der Waals surface area contributed by atoms with E-state index in [1.165, 1.54) is 4.68 Å². The molecule has 5 rings (SSSR count). The molecule has 1 N–H and O–H groups in total. The van der Waals surface area contributed by atoms with E-state index in [4.69, 9.17) is 0 Å². The zero-order chi connectivity index (χ0) is 16.1. The minimum atomic E-state index is -0.127. The quantitative estimate of drug-likeness (QED) is 0.587. The number of hydrazone groups is 1. The van der Waals surface area contributed by atoms with Crippen LogP contribution < -0.4 is 16.2 Å². The molecule has 2 aliphatic carbocycles. The summed E-state index contributed by atoms with van der Waals surface area (Å²) in [5.41, 5.74) is 7.19. The smallest absolute Gasteiger partial charge is 0.277 e. The average Bonchev–Trinajstić information content (AvgIpc) is 2.97. The van der Waals surface area contributed by atoms with Gasteiger partial charge in [-0.15, -0.1) is 0 Å². The van der Waals surface area contributed by atoms with Crippen LogP contribution in [0.15, 0.2) is 64.5 Å². The molecule has 114 valence electrons. The maximum Gasteiger partial charge on any atom is 0.279 e. The maximum atomic E-state index is 13.0. The Morgan fingerprint density at radius 3 is 2.71 bits per heavy atom. The van der Waals surface area contributed by atoms with E-state index in [0.717, 1.165) is 33.2 Å². The van der Waals surface area contributed by atoms with Gasteiger partial charge in [-0.1, -0.05) is 24.3 Å². The standard InChI is InChI=1S/C19H12N4O/c24-19-15-7-6-12-10-11-20-21-18(12)14-8-9-16(17(14)15)22-23(19)13-4-2-1-3-5-13/h1-11,21H. The first-order valence-electron chi connectivity index (χ1n) is 7.66. The number of para-hydroxylation sites is 1. The number of hydrogen-bond donors (Lipinski definition) is 1. The highest BCUT2D eigenvalue weighted by Gasteiger charge is 2.20. The highest BCUT2D eigenvalue weighted by Crippen LogP contribution is 2.35. The van der Waals surface area contributed by atoms with Crippen molar-refractivity contribution < 1.29 is 0 Å². The van der Waals surface area contributed by atoms with Crippen molar-refractivity contribution in [3.63, 3.8) is 0 Å². The molecular formula is C19H12N4O. The van der Waals surface area contributed by atoms with E-state index in [2.05, 4.69) is 15.6 Å². The molecule has 5 heteroatoms. The molecule has 0 saturated carbocycles. The molecule has 0 radical (unpaired) electrons. The lowest BCUT2D eigenvalue weighted by molar-refractivity contribution is 0.839. The summed E-state index contributed by atoms with van der Waals surface area (Å²) in [5, 5.41) is 10.3. The van der Waals surface area contributed by atoms with Gasteiger partial charge in [-0.3, -0.25) is 10.2 Å². The molecule has 2 heterocycles. The third kappa shape index (κ3) is 1.72. The Morgan fingerprint density at radius 1 is 0.958 bits per heavy atom. The SMILES string of the molecule is O=c1c2ccc3c(c4ccc(nn1-c1ccccc1)c2-4)NN=CC=3. The fourth-order valence-corrected chi connectivity index (χ4v) is 3.21. The van der Waals surface area contributed by atoms with Gasteiger partial charge >= 0.3 is 0 Å². The number of anilines is 1. The van der Waals surface area contributed by atoms with E-state index in [1.54, 1.807) is 6.21 Å².